The molecule has 3 aromatic carbocycles. The third-order valence-electron chi connectivity index (χ3n) is 6.99. The lowest BCUT2D eigenvalue weighted by Crippen LogP contribution is -2.29. The van der Waals surface area contributed by atoms with E-state index in [4.69, 9.17) is 9.47 Å². The molecule has 1 unspecified atom stereocenters. The number of aryl methyl sites for hydroxylation is 2. The number of ether oxygens (including phenoxy) is 2. The summed E-state index contributed by atoms with van der Waals surface area (Å²) in [5.41, 5.74) is 4.18. The van der Waals surface area contributed by atoms with Crippen LogP contribution in [-0.2, 0) is 22.4 Å². The molecule has 37 heavy (non-hydrogen) atoms. The highest BCUT2D eigenvalue weighted by molar-refractivity contribution is 6.51. The summed E-state index contributed by atoms with van der Waals surface area (Å²) < 4.78 is 11.4. The van der Waals surface area contributed by atoms with Gasteiger partial charge in [0.25, 0.3) is 11.7 Å². The number of aliphatic hydroxyl groups excluding tert-OH is 1. The van der Waals surface area contributed by atoms with Gasteiger partial charge in [0.05, 0.1) is 24.8 Å². The van der Waals surface area contributed by atoms with Crippen LogP contribution >= 0.6 is 0 Å². The van der Waals surface area contributed by atoms with Gasteiger partial charge >= 0.3 is 0 Å². The number of para-hydroxylation sites is 1. The van der Waals surface area contributed by atoms with Gasteiger partial charge in [0.1, 0.15) is 17.3 Å². The Morgan fingerprint density at radius 2 is 1.65 bits per heavy atom. The van der Waals surface area contributed by atoms with Crippen LogP contribution in [-0.4, -0.2) is 30.0 Å². The van der Waals surface area contributed by atoms with E-state index in [-0.39, 0.29) is 17.4 Å². The molecule has 1 atom stereocenters. The Morgan fingerprint density at radius 3 is 2.35 bits per heavy atom. The van der Waals surface area contributed by atoms with Crippen LogP contribution in [0.3, 0.4) is 0 Å². The van der Waals surface area contributed by atoms with Crippen molar-refractivity contribution in [3.63, 3.8) is 0 Å². The van der Waals surface area contributed by atoms with Crippen molar-refractivity contribution in [1.82, 2.24) is 0 Å². The molecule has 0 saturated carbocycles. The number of hydrogen-bond acceptors (Lipinski definition) is 5. The lowest BCUT2D eigenvalue weighted by molar-refractivity contribution is -0.132. The molecule has 190 valence electrons. The predicted molar refractivity (Wildman–Crippen MR) is 143 cm³/mol. The van der Waals surface area contributed by atoms with Crippen LogP contribution in [0.2, 0.25) is 0 Å². The van der Waals surface area contributed by atoms with Gasteiger partial charge < -0.3 is 14.6 Å². The van der Waals surface area contributed by atoms with Crippen molar-refractivity contribution in [3.8, 4) is 11.5 Å². The number of ketones is 1. The molecule has 6 nitrogen and oxygen atoms in total. The molecule has 1 aliphatic carbocycles. The third-order valence-corrected chi connectivity index (χ3v) is 6.99. The van der Waals surface area contributed by atoms with Crippen molar-refractivity contribution in [1.29, 1.82) is 0 Å². The Kier molecular flexibility index (Phi) is 6.74. The zero-order valence-electron chi connectivity index (χ0n) is 21.4. The number of methoxy groups -OCH3 is 1. The number of Topliss-reactive ketones (excluding diaryl/α,β-unsaturated/α-hetero) is 1. The van der Waals surface area contributed by atoms with Crippen LogP contribution in [0.15, 0.2) is 72.3 Å². The zero-order chi connectivity index (χ0) is 26.1. The minimum absolute atomic E-state index is 0.00488. The van der Waals surface area contributed by atoms with Crippen molar-refractivity contribution in [3.05, 3.63) is 94.6 Å². The number of anilines is 1. The van der Waals surface area contributed by atoms with E-state index in [0.717, 1.165) is 25.7 Å². The summed E-state index contributed by atoms with van der Waals surface area (Å²) in [6, 6.07) is 19.3. The molecule has 2 aliphatic rings. The quantitative estimate of drug-likeness (QED) is 0.257. The molecule has 1 amide bonds. The largest absolute Gasteiger partial charge is 0.507 e. The fourth-order valence-electron chi connectivity index (χ4n) is 5.28. The first-order valence-corrected chi connectivity index (χ1v) is 12.7. The Morgan fingerprint density at radius 1 is 0.946 bits per heavy atom. The van der Waals surface area contributed by atoms with Crippen LogP contribution in [0.1, 0.15) is 55.0 Å². The van der Waals surface area contributed by atoms with Crippen molar-refractivity contribution >= 4 is 23.1 Å². The summed E-state index contributed by atoms with van der Waals surface area (Å²) in [7, 11) is 1.55. The SMILES string of the molecule is COc1ccccc1C1/C(=C(\O)c2ccc3c(c2)CCCC3)C(=O)C(=O)N1c1ccc(OC(C)C)cc1. The smallest absolute Gasteiger partial charge is 0.300 e. The van der Waals surface area contributed by atoms with E-state index >= 15 is 0 Å². The van der Waals surface area contributed by atoms with Crippen molar-refractivity contribution < 1.29 is 24.2 Å². The maximum absolute atomic E-state index is 13.5. The number of benzene rings is 3. The van der Waals surface area contributed by atoms with Gasteiger partial charge in [-0.3, -0.25) is 14.5 Å². The lowest BCUT2D eigenvalue weighted by Gasteiger charge is -2.27. The van der Waals surface area contributed by atoms with E-state index in [9.17, 15) is 14.7 Å². The average molecular weight is 498 g/mol. The van der Waals surface area contributed by atoms with Gasteiger partial charge in [-0.2, -0.15) is 0 Å². The number of carbonyl (C=O) groups excluding carboxylic acids is 2. The minimum atomic E-state index is -0.857. The van der Waals surface area contributed by atoms with Gasteiger partial charge in [-0.1, -0.05) is 30.3 Å². The molecule has 0 radical (unpaired) electrons. The highest BCUT2D eigenvalue weighted by Gasteiger charge is 2.48. The monoisotopic (exact) mass is 497 g/mol. The van der Waals surface area contributed by atoms with Gasteiger partial charge in [-0.05, 0) is 87.1 Å². The fourth-order valence-corrected chi connectivity index (χ4v) is 5.28. The van der Waals surface area contributed by atoms with E-state index in [0.29, 0.717) is 28.3 Å². The van der Waals surface area contributed by atoms with E-state index < -0.39 is 17.7 Å². The molecule has 3 aromatic rings. The molecular formula is C31H31NO5. The standard InChI is InChI=1S/C31H31NO5/c1-19(2)37-24-16-14-23(15-17-24)32-28(25-10-6-7-11-26(25)36-3)27(30(34)31(32)35)29(33)22-13-12-20-8-4-5-9-21(20)18-22/h6-7,10-19,28,33H,4-5,8-9H2,1-3H3/b29-27+. The number of carbonyl (C=O) groups is 2. The first kappa shape index (κ1) is 24.6. The second kappa shape index (κ2) is 10.1. The molecule has 0 aromatic heterocycles. The Hall–Kier alpha value is -4.06. The van der Waals surface area contributed by atoms with E-state index in [1.54, 1.807) is 37.4 Å². The Balaban J connectivity index is 1.66. The Bertz CT molecular complexity index is 1370. The number of nitrogens with zero attached hydrogens (tertiary/aromatic N) is 1. The summed E-state index contributed by atoms with van der Waals surface area (Å²) in [6.45, 7) is 3.88. The summed E-state index contributed by atoms with van der Waals surface area (Å²) in [4.78, 5) is 28.4. The number of rotatable bonds is 6. The van der Waals surface area contributed by atoms with Gasteiger partial charge in [-0.25, -0.2) is 0 Å². The molecule has 1 heterocycles. The summed E-state index contributed by atoms with van der Waals surface area (Å²) in [6.07, 6.45) is 4.20. The van der Waals surface area contributed by atoms with Gasteiger partial charge in [0, 0.05) is 16.8 Å². The van der Waals surface area contributed by atoms with Crippen LogP contribution in [0.25, 0.3) is 5.76 Å². The highest BCUT2D eigenvalue weighted by Crippen LogP contribution is 2.45. The highest BCUT2D eigenvalue weighted by atomic mass is 16.5. The minimum Gasteiger partial charge on any atom is -0.507 e. The van der Waals surface area contributed by atoms with E-state index in [1.165, 1.54) is 16.0 Å². The predicted octanol–water partition coefficient (Wildman–Crippen LogP) is 5.99. The second-order valence-electron chi connectivity index (χ2n) is 9.76. The first-order valence-electron chi connectivity index (χ1n) is 12.7. The van der Waals surface area contributed by atoms with Gasteiger partial charge in [-0.15, -0.1) is 0 Å². The van der Waals surface area contributed by atoms with Gasteiger partial charge in [0.2, 0.25) is 0 Å². The zero-order valence-corrected chi connectivity index (χ0v) is 21.4. The van der Waals surface area contributed by atoms with Crippen molar-refractivity contribution in [2.75, 3.05) is 12.0 Å². The molecule has 1 fully saturated rings. The van der Waals surface area contributed by atoms with Crippen LogP contribution in [0.5, 0.6) is 11.5 Å². The lowest BCUT2D eigenvalue weighted by atomic mass is 9.88. The second-order valence-corrected chi connectivity index (χ2v) is 9.76. The molecule has 0 spiro atoms. The summed E-state index contributed by atoms with van der Waals surface area (Å²) in [5, 5.41) is 11.5. The number of hydrogen-bond donors (Lipinski definition) is 1. The molecule has 0 bridgehead atoms. The summed E-state index contributed by atoms with van der Waals surface area (Å²) >= 11 is 0. The van der Waals surface area contributed by atoms with Crippen LogP contribution in [0, 0.1) is 0 Å². The number of amides is 1. The molecule has 6 heteroatoms. The number of aliphatic hydroxyl groups is 1. The summed E-state index contributed by atoms with van der Waals surface area (Å²) in [5.74, 6) is -0.416. The fraction of sp³-hybridized carbons (Fsp3) is 0.290. The van der Waals surface area contributed by atoms with Crippen LogP contribution in [0.4, 0.5) is 5.69 Å². The van der Waals surface area contributed by atoms with Gasteiger partial charge in [0.15, 0.2) is 0 Å². The molecule has 1 saturated heterocycles. The maximum atomic E-state index is 13.5. The first-order chi connectivity index (χ1) is 17.9. The molecule has 1 aliphatic heterocycles. The molecular weight excluding hydrogens is 466 g/mol. The Labute approximate surface area is 217 Å². The average Bonchev–Trinajstić information content (AvgIpc) is 3.18. The van der Waals surface area contributed by atoms with Crippen LogP contribution < -0.4 is 14.4 Å². The van der Waals surface area contributed by atoms with E-state index in [2.05, 4.69) is 0 Å². The van der Waals surface area contributed by atoms with Crippen molar-refractivity contribution in [2.24, 2.45) is 0 Å². The maximum Gasteiger partial charge on any atom is 0.300 e. The van der Waals surface area contributed by atoms with Crippen molar-refractivity contribution in [2.45, 2.75) is 51.7 Å². The topological polar surface area (TPSA) is 76.1 Å². The van der Waals surface area contributed by atoms with E-state index in [1.807, 2.05) is 50.2 Å². The third kappa shape index (κ3) is 4.59. The molecule has 5 rings (SSSR count). The number of fused-ring (bicyclic) bond motifs is 1. The normalized spacial score (nSPS) is 18.7. The molecule has 1 N–H and O–H groups in total.